The minimum atomic E-state index is 0.158. The molecule has 0 saturated heterocycles. The molecule has 0 radical (unpaired) electrons. The second kappa shape index (κ2) is 5.83. The summed E-state index contributed by atoms with van der Waals surface area (Å²) in [6.45, 7) is 7.62. The quantitative estimate of drug-likeness (QED) is 0.342. The molecule has 1 atom stereocenters. The van der Waals surface area contributed by atoms with Crippen LogP contribution in [0.2, 0.25) is 0 Å². The Bertz CT molecular complexity index is 508. The van der Waals surface area contributed by atoms with E-state index in [9.17, 15) is 0 Å². The van der Waals surface area contributed by atoms with E-state index >= 15 is 0 Å². The molecule has 0 bridgehead atoms. The molecule has 2 rings (SSSR count). The van der Waals surface area contributed by atoms with Gasteiger partial charge in [-0.25, -0.2) is 0 Å². The van der Waals surface area contributed by atoms with Crippen molar-refractivity contribution in [2.45, 2.75) is 52.6 Å². The van der Waals surface area contributed by atoms with Gasteiger partial charge in [0.05, 0.1) is 0 Å². The minimum Gasteiger partial charge on any atom is -0.409 e. The first-order valence-corrected chi connectivity index (χ1v) is 7.22. The Balaban J connectivity index is 1.97. The van der Waals surface area contributed by atoms with Gasteiger partial charge in [-0.05, 0) is 48.8 Å². The van der Waals surface area contributed by atoms with Crippen LogP contribution in [0.25, 0.3) is 0 Å². The summed E-state index contributed by atoms with van der Waals surface area (Å²) in [6.07, 6.45) is 3.80. The van der Waals surface area contributed by atoms with Crippen LogP contribution in [-0.4, -0.2) is 17.1 Å². The molecule has 1 unspecified atom stereocenters. The summed E-state index contributed by atoms with van der Waals surface area (Å²) in [6, 6.07) is 6.53. The molecular formula is C16H25N3O. The molecule has 0 heterocycles. The van der Waals surface area contributed by atoms with Crippen molar-refractivity contribution in [3.8, 4) is 0 Å². The Hall–Kier alpha value is -1.55. The van der Waals surface area contributed by atoms with Crippen LogP contribution in [0.1, 0.15) is 49.8 Å². The highest BCUT2D eigenvalue weighted by Crippen LogP contribution is 2.37. The van der Waals surface area contributed by atoms with E-state index in [0.717, 1.165) is 12.1 Å². The van der Waals surface area contributed by atoms with Crippen LogP contribution >= 0.6 is 0 Å². The molecule has 4 heteroatoms. The standard InChI is InChI=1S/C16H25N3O/c1-11-8-12(15(17)19-20)4-5-13(11)10-18-14-6-7-16(2,3)9-14/h4-5,8,14,18,20H,6-7,9-10H2,1-3H3,(H2,17,19). The summed E-state index contributed by atoms with van der Waals surface area (Å²) in [5.74, 6) is 0.158. The summed E-state index contributed by atoms with van der Waals surface area (Å²) in [5.41, 5.74) is 9.27. The first kappa shape index (κ1) is 14.9. The molecule has 1 aromatic rings. The maximum Gasteiger partial charge on any atom is 0.170 e. The lowest BCUT2D eigenvalue weighted by Crippen LogP contribution is -2.27. The van der Waals surface area contributed by atoms with Gasteiger partial charge in [0.15, 0.2) is 5.84 Å². The van der Waals surface area contributed by atoms with Crippen molar-refractivity contribution in [3.05, 3.63) is 34.9 Å². The van der Waals surface area contributed by atoms with Crippen molar-refractivity contribution in [1.82, 2.24) is 5.32 Å². The molecule has 20 heavy (non-hydrogen) atoms. The van der Waals surface area contributed by atoms with Crippen molar-refractivity contribution in [3.63, 3.8) is 0 Å². The zero-order valence-electron chi connectivity index (χ0n) is 12.6. The molecule has 4 nitrogen and oxygen atoms in total. The molecule has 0 spiro atoms. The molecule has 1 aromatic carbocycles. The fourth-order valence-corrected chi connectivity index (χ4v) is 2.98. The Morgan fingerprint density at radius 3 is 2.80 bits per heavy atom. The van der Waals surface area contributed by atoms with Gasteiger partial charge in [0.1, 0.15) is 0 Å². The van der Waals surface area contributed by atoms with Crippen molar-refractivity contribution in [2.24, 2.45) is 16.3 Å². The number of aryl methyl sites for hydroxylation is 1. The Kier molecular flexibility index (Phi) is 4.33. The maximum absolute atomic E-state index is 8.70. The van der Waals surface area contributed by atoms with E-state index in [1.807, 2.05) is 12.1 Å². The molecule has 1 fully saturated rings. The highest BCUT2D eigenvalue weighted by atomic mass is 16.4. The molecular weight excluding hydrogens is 250 g/mol. The van der Waals surface area contributed by atoms with Crippen molar-refractivity contribution >= 4 is 5.84 Å². The van der Waals surface area contributed by atoms with Gasteiger partial charge in [-0.15, -0.1) is 0 Å². The number of amidine groups is 1. The lowest BCUT2D eigenvalue weighted by atomic mass is 9.92. The Morgan fingerprint density at radius 2 is 2.25 bits per heavy atom. The molecule has 1 aliphatic carbocycles. The van der Waals surface area contributed by atoms with Gasteiger partial charge in [0, 0.05) is 18.2 Å². The van der Waals surface area contributed by atoms with Gasteiger partial charge in [-0.3, -0.25) is 0 Å². The second-order valence-corrected chi connectivity index (χ2v) is 6.61. The molecule has 0 amide bonds. The Labute approximate surface area is 121 Å². The maximum atomic E-state index is 8.70. The third kappa shape index (κ3) is 3.51. The van der Waals surface area contributed by atoms with Gasteiger partial charge >= 0.3 is 0 Å². The van der Waals surface area contributed by atoms with Crippen LogP contribution in [0.5, 0.6) is 0 Å². The SMILES string of the molecule is Cc1cc(/C(N)=N/O)ccc1CNC1CCC(C)(C)C1. The lowest BCUT2D eigenvalue weighted by Gasteiger charge is -2.18. The number of nitrogens with zero attached hydrogens (tertiary/aromatic N) is 1. The number of rotatable bonds is 4. The van der Waals surface area contributed by atoms with E-state index in [2.05, 4.69) is 37.3 Å². The number of nitrogens with two attached hydrogens (primary N) is 1. The number of nitrogens with one attached hydrogen (secondary N) is 1. The summed E-state index contributed by atoms with van der Waals surface area (Å²) in [4.78, 5) is 0. The summed E-state index contributed by atoms with van der Waals surface area (Å²) >= 11 is 0. The van der Waals surface area contributed by atoms with Crippen LogP contribution in [0.4, 0.5) is 0 Å². The molecule has 0 aromatic heterocycles. The number of oxime groups is 1. The van der Waals surface area contributed by atoms with Crippen LogP contribution < -0.4 is 11.1 Å². The fourth-order valence-electron chi connectivity index (χ4n) is 2.98. The normalized spacial score (nSPS) is 22.1. The summed E-state index contributed by atoms with van der Waals surface area (Å²) in [5, 5.41) is 15.4. The fraction of sp³-hybridized carbons (Fsp3) is 0.562. The van der Waals surface area contributed by atoms with Gasteiger partial charge in [-0.1, -0.05) is 31.1 Å². The van der Waals surface area contributed by atoms with Crippen LogP contribution in [-0.2, 0) is 6.54 Å². The highest BCUT2D eigenvalue weighted by molar-refractivity contribution is 5.97. The highest BCUT2D eigenvalue weighted by Gasteiger charge is 2.30. The minimum absolute atomic E-state index is 0.158. The zero-order valence-corrected chi connectivity index (χ0v) is 12.6. The molecule has 4 N–H and O–H groups in total. The van der Waals surface area contributed by atoms with E-state index in [4.69, 9.17) is 10.9 Å². The van der Waals surface area contributed by atoms with Crippen LogP contribution in [0.15, 0.2) is 23.4 Å². The van der Waals surface area contributed by atoms with Crippen LogP contribution in [0.3, 0.4) is 0 Å². The van der Waals surface area contributed by atoms with Gasteiger partial charge in [-0.2, -0.15) is 0 Å². The van der Waals surface area contributed by atoms with Gasteiger partial charge in [0.25, 0.3) is 0 Å². The number of benzene rings is 1. The van der Waals surface area contributed by atoms with Gasteiger partial charge < -0.3 is 16.3 Å². The molecule has 1 aliphatic rings. The zero-order chi connectivity index (χ0) is 14.8. The monoisotopic (exact) mass is 275 g/mol. The molecule has 110 valence electrons. The summed E-state index contributed by atoms with van der Waals surface area (Å²) in [7, 11) is 0. The predicted octanol–water partition coefficient (Wildman–Crippen LogP) is 2.76. The topological polar surface area (TPSA) is 70.6 Å². The van der Waals surface area contributed by atoms with E-state index in [1.54, 1.807) is 0 Å². The van der Waals surface area contributed by atoms with Crippen molar-refractivity contribution in [2.75, 3.05) is 0 Å². The average Bonchev–Trinajstić information content (AvgIpc) is 2.76. The lowest BCUT2D eigenvalue weighted by molar-refractivity contribution is 0.318. The van der Waals surface area contributed by atoms with Crippen molar-refractivity contribution < 1.29 is 5.21 Å². The molecule has 0 aliphatic heterocycles. The predicted molar refractivity (Wildman–Crippen MR) is 81.9 cm³/mol. The van der Waals surface area contributed by atoms with E-state index in [1.165, 1.54) is 30.4 Å². The first-order chi connectivity index (χ1) is 9.41. The van der Waals surface area contributed by atoms with Gasteiger partial charge in [0.2, 0.25) is 0 Å². The van der Waals surface area contributed by atoms with Crippen molar-refractivity contribution in [1.29, 1.82) is 0 Å². The second-order valence-electron chi connectivity index (χ2n) is 6.61. The third-order valence-corrected chi connectivity index (χ3v) is 4.30. The summed E-state index contributed by atoms with van der Waals surface area (Å²) < 4.78 is 0. The largest absolute Gasteiger partial charge is 0.409 e. The van der Waals surface area contributed by atoms with E-state index < -0.39 is 0 Å². The molecule has 1 saturated carbocycles. The van der Waals surface area contributed by atoms with Crippen LogP contribution in [0, 0.1) is 12.3 Å². The number of hydrogen-bond acceptors (Lipinski definition) is 3. The number of hydrogen-bond donors (Lipinski definition) is 3. The smallest absolute Gasteiger partial charge is 0.170 e. The van der Waals surface area contributed by atoms with E-state index in [-0.39, 0.29) is 5.84 Å². The third-order valence-electron chi connectivity index (χ3n) is 4.30. The first-order valence-electron chi connectivity index (χ1n) is 7.22. The Morgan fingerprint density at radius 1 is 1.50 bits per heavy atom. The average molecular weight is 275 g/mol. The van der Waals surface area contributed by atoms with E-state index in [0.29, 0.717) is 11.5 Å².